The third kappa shape index (κ3) is 3.16. The van der Waals surface area contributed by atoms with E-state index in [-0.39, 0.29) is 4.90 Å². The summed E-state index contributed by atoms with van der Waals surface area (Å²) in [6, 6.07) is 3.37. The summed E-state index contributed by atoms with van der Waals surface area (Å²) in [6.07, 6.45) is 0. The SMILES string of the molecule is CCOc1cc(C)c(Br)cc1S(=O)(=O)N1CCOCC1. The van der Waals surface area contributed by atoms with Crippen LogP contribution in [0.3, 0.4) is 0 Å². The van der Waals surface area contributed by atoms with Crippen molar-refractivity contribution in [2.24, 2.45) is 0 Å². The number of morpholine rings is 1. The number of nitrogens with zero attached hydrogens (tertiary/aromatic N) is 1. The number of benzene rings is 1. The van der Waals surface area contributed by atoms with Gasteiger partial charge >= 0.3 is 0 Å². The maximum atomic E-state index is 12.7. The van der Waals surface area contributed by atoms with E-state index in [1.54, 1.807) is 12.1 Å². The molecule has 0 amide bonds. The lowest BCUT2D eigenvalue weighted by Gasteiger charge is -2.27. The van der Waals surface area contributed by atoms with E-state index in [0.29, 0.717) is 38.7 Å². The van der Waals surface area contributed by atoms with Crippen LogP contribution in [0.4, 0.5) is 0 Å². The Hall–Kier alpha value is -0.630. The van der Waals surface area contributed by atoms with E-state index in [4.69, 9.17) is 9.47 Å². The van der Waals surface area contributed by atoms with Crippen LogP contribution in [0.2, 0.25) is 0 Å². The van der Waals surface area contributed by atoms with Gasteiger partial charge in [0.25, 0.3) is 0 Å². The fourth-order valence-corrected chi connectivity index (χ4v) is 4.07. The van der Waals surface area contributed by atoms with Crippen molar-refractivity contribution in [3.8, 4) is 5.75 Å². The zero-order chi connectivity index (χ0) is 14.8. The summed E-state index contributed by atoms with van der Waals surface area (Å²) in [5.41, 5.74) is 0.939. The summed E-state index contributed by atoms with van der Waals surface area (Å²) in [4.78, 5) is 0.207. The molecule has 0 N–H and O–H groups in total. The Morgan fingerprint density at radius 2 is 2.00 bits per heavy atom. The zero-order valence-electron chi connectivity index (χ0n) is 11.6. The minimum absolute atomic E-state index is 0.207. The van der Waals surface area contributed by atoms with E-state index in [2.05, 4.69) is 15.9 Å². The van der Waals surface area contributed by atoms with Crippen LogP contribution in [0, 0.1) is 6.92 Å². The maximum absolute atomic E-state index is 12.7. The molecule has 20 heavy (non-hydrogen) atoms. The average Bonchev–Trinajstić information content (AvgIpc) is 2.43. The number of aryl methyl sites for hydroxylation is 1. The smallest absolute Gasteiger partial charge is 0.246 e. The second kappa shape index (κ2) is 6.43. The van der Waals surface area contributed by atoms with E-state index >= 15 is 0 Å². The zero-order valence-corrected chi connectivity index (χ0v) is 14.0. The molecule has 2 rings (SSSR count). The molecule has 112 valence electrons. The second-order valence-corrected chi connectivity index (χ2v) is 7.26. The molecule has 1 aliphatic rings. The summed E-state index contributed by atoms with van der Waals surface area (Å²) in [7, 11) is -3.56. The average molecular weight is 364 g/mol. The molecule has 0 aliphatic carbocycles. The quantitative estimate of drug-likeness (QED) is 0.822. The fraction of sp³-hybridized carbons (Fsp3) is 0.538. The first-order chi connectivity index (χ1) is 9.46. The lowest BCUT2D eigenvalue weighted by Crippen LogP contribution is -2.40. The first-order valence-electron chi connectivity index (χ1n) is 6.47. The van der Waals surface area contributed by atoms with Gasteiger partial charge in [-0.1, -0.05) is 15.9 Å². The third-order valence-electron chi connectivity index (χ3n) is 3.11. The molecule has 0 unspecified atom stereocenters. The molecule has 1 saturated heterocycles. The van der Waals surface area contributed by atoms with Crippen molar-refractivity contribution in [1.82, 2.24) is 4.31 Å². The molecule has 5 nitrogen and oxygen atoms in total. The van der Waals surface area contributed by atoms with Gasteiger partial charge in [-0.2, -0.15) is 4.31 Å². The van der Waals surface area contributed by atoms with Gasteiger partial charge in [-0.05, 0) is 31.5 Å². The fourth-order valence-electron chi connectivity index (χ4n) is 2.03. The van der Waals surface area contributed by atoms with Crippen LogP contribution in [0.1, 0.15) is 12.5 Å². The number of sulfonamides is 1. The van der Waals surface area contributed by atoms with Crippen LogP contribution in [0.25, 0.3) is 0 Å². The molecule has 1 aromatic rings. The Morgan fingerprint density at radius 1 is 1.35 bits per heavy atom. The van der Waals surface area contributed by atoms with Crippen molar-refractivity contribution >= 4 is 26.0 Å². The van der Waals surface area contributed by atoms with Gasteiger partial charge < -0.3 is 9.47 Å². The van der Waals surface area contributed by atoms with E-state index in [1.807, 2.05) is 13.8 Å². The van der Waals surface area contributed by atoms with Crippen LogP contribution in [-0.2, 0) is 14.8 Å². The van der Waals surface area contributed by atoms with E-state index in [9.17, 15) is 8.42 Å². The predicted molar refractivity (Wildman–Crippen MR) is 79.6 cm³/mol. The molecule has 1 heterocycles. The highest BCUT2D eigenvalue weighted by atomic mass is 79.9. The highest BCUT2D eigenvalue weighted by molar-refractivity contribution is 9.10. The van der Waals surface area contributed by atoms with Gasteiger partial charge in [0.15, 0.2) is 0 Å². The van der Waals surface area contributed by atoms with Gasteiger partial charge in [0, 0.05) is 17.6 Å². The van der Waals surface area contributed by atoms with Crippen molar-refractivity contribution in [2.75, 3.05) is 32.9 Å². The number of ether oxygens (including phenoxy) is 2. The summed E-state index contributed by atoms with van der Waals surface area (Å²) < 4.78 is 38.3. The number of hydrogen-bond donors (Lipinski definition) is 0. The summed E-state index contributed by atoms with van der Waals surface area (Å²) in [5.74, 6) is 0.402. The molecule has 1 aliphatic heterocycles. The highest BCUT2D eigenvalue weighted by Crippen LogP contribution is 2.32. The molecule has 0 radical (unpaired) electrons. The molecule has 0 bridgehead atoms. The highest BCUT2D eigenvalue weighted by Gasteiger charge is 2.29. The molecule has 0 spiro atoms. The predicted octanol–water partition coefficient (Wildman–Crippen LogP) is 2.18. The van der Waals surface area contributed by atoms with Gasteiger partial charge in [0.2, 0.25) is 10.0 Å². The summed E-state index contributed by atoms with van der Waals surface area (Å²) in [6.45, 7) is 5.76. The molecule has 7 heteroatoms. The van der Waals surface area contributed by atoms with Crippen LogP contribution >= 0.6 is 15.9 Å². The Morgan fingerprint density at radius 3 is 2.60 bits per heavy atom. The van der Waals surface area contributed by atoms with Gasteiger partial charge in [-0.25, -0.2) is 8.42 Å². The van der Waals surface area contributed by atoms with Crippen LogP contribution in [0.5, 0.6) is 5.75 Å². The molecular formula is C13H18BrNO4S. The number of rotatable bonds is 4. The van der Waals surface area contributed by atoms with Gasteiger partial charge in [0.05, 0.1) is 19.8 Å². The molecule has 0 aromatic heterocycles. The monoisotopic (exact) mass is 363 g/mol. The lowest BCUT2D eigenvalue weighted by atomic mass is 10.2. The Labute approximate surface area is 128 Å². The van der Waals surface area contributed by atoms with E-state index < -0.39 is 10.0 Å². The Kier molecular flexibility index (Phi) is 5.06. The molecule has 1 fully saturated rings. The minimum atomic E-state index is -3.56. The van der Waals surface area contributed by atoms with E-state index in [0.717, 1.165) is 10.0 Å². The largest absolute Gasteiger partial charge is 0.492 e. The maximum Gasteiger partial charge on any atom is 0.246 e. The normalized spacial score (nSPS) is 17.1. The number of halogens is 1. The molecule has 0 saturated carbocycles. The van der Waals surface area contributed by atoms with Crippen LogP contribution < -0.4 is 4.74 Å². The standard InChI is InChI=1S/C13H18BrNO4S/c1-3-19-12-8-10(2)11(14)9-13(12)20(16,17)15-4-6-18-7-5-15/h8-9H,3-7H2,1-2H3. The van der Waals surface area contributed by atoms with Gasteiger partial charge in [-0.3, -0.25) is 0 Å². The van der Waals surface area contributed by atoms with Crippen LogP contribution in [0.15, 0.2) is 21.5 Å². The Bertz CT molecular complexity index is 582. The summed E-state index contributed by atoms with van der Waals surface area (Å²) >= 11 is 3.38. The van der Waals surface area contributed by atoms with Crippen molar-refractivity contribution < 1.29 is 17.9 Å². The van der Waals surface area contributed by atoms with Gasteiger partial charge in [-0.15, -0.1) is 0 Å². The molecule has 0 atom stereocenters. The first-order valence-corrected chi connectivity index (χ1v) is 8.71. The lowest BCUT2D eigenvalue weighted by molar-refractivity contribution is 0.0729. The van der Waals surface area contributed by atoms with Crippen molar-refractivity contribution in [2.45, 2.75) is 18.7 Å². The Balaban J connectivity index is 2.46. The number of hydrogen-bond acceptors (Lipinski definition) is 4. The van der Waals surface area contributed by atoms with Crippen molar-refractivity contribution in [3.05, 3.63) is 22.2 Å². The van der Waals surface area contributed by atoms with E-state index in [1.165, 1.54) is 4.31 Å². The first kappa shape index (κ1) is 15.8. The molecule has 1 aromatic carbocycles. The molecular weight excluding hydrogens is 346 g/mol. The third-order valence-corrected chi connectivity index (χ3v) is 5.89. The second-order valence-electron chi connectivity index (χ2n) is 4.50. The van der Waals surface area contributed by atoms with Crippen LogP contribution in [-0.4, -0.2) is 45.6 Å². The summed E-state index contributed by atoms with van der Waals surface area (Å²) in [5, 5.41) is 0. The topological polar surface area (TPSA) is 55.8 Å². The van der Waals surface area contributed by atoms with Crippen molar-refractivity contribution in [1.29, 1.82) is 0 Å². The van der Waals surface area contributed by atoms with Gasteiger partial charge in [0.1, 0.15) is 10.6 Å². The minimum Gasteiger partial charge on any atom is -0.492 e. The van der Waals surface area contributed by atoms with Crippen molar-refractivity contribution in [3.63, 3.8) is 0 Å².